The number of hydrogen-bond acceptors (Lipinski definition) is 8. The monoisotopic (exact) mass is 563 g/mol. The predicted molar refractivity (Wildman–Crippen MR) is 141 cm³/mol. The van der Waals surface area contributed by atoms with E-state index in [1.165, 1.54) is 43.2 Å². The van der Waals surface area contributed by atoms with Crippen molar-refractivity contribution >= 4 is 52.2 Å². The Morgan fingerprint density at radius 2 is 1.87 bits per heavy atom. The van der Waals surface area contributed by atoms with Crippen LogP contribution in [0.5, 0.6) is 11.5 Å². The zero-order valence-corrected chi connectivity index (χ0v) is 21.9. The molecule has 2 N–H and O–H groups in total. The van der Waals surface area contributed by atoms with Crippen molar-refractivity contribution in [1.29, 1.82) is 0 Å². The van der Waals surface area contributed by atoms with Gasteiger partial charge in [0.25, 0.3) is 5.56 Å². The Balaban J connectivity index is 1.77. The van der Waals surface area contributed by atoms with Crippen LogP contribution in [0.3, 0.4) is 0 Å². The van der Waals surface area contributed by atoms with Crippen LogP contribution in [0.15, 0.2) is 35.8 Å². The van der Waals surface area contributed by atoms with Crippen LogP contribution >= 0.6 is 23.2 Å². The van der Waals surface area contributed by atoms with Crippen LogP contribution in [0.25, 0.3) is 22.2 Å². The van der Waals surface area contributed by atoms with E-state index in [1.807, 2.05) is 0 Å². The van der Waals surface area contributed by atoms with E-state index >= 15 is 0 Å². The number of aromatic nitrogens is 3. The second-order valence-corrected chi connectivity index (χ2v) is 8.90. The van der Waals surface area contributed by atoms with Crippen molar-refractivity contribution < 1.29 is 28.9 Å². The molecule has 0 unspecified atom stereocenters. The normalized spacial score (nSPS) is 13.2. The van der Waals surface area contributed by atoms with Crippen LogP contribution in [0.2, 0.25) is 10.0 Å². The second kappa shape index (κ2) is 11.3. The van der Waals surface area contributed by atoms with Gasteiger partial charge in [0, 0.05) is 36.3 Å². The molecule has 1 aliphatic heterocycles. The van der Waals surface area contributed by atoms with E-state index < -0.39 is 11.7 Å². The van der Waals surface area contributed by atoms with Gasteiger partial charge >= 0.3 is 6.09 Å². The minimum absolute atomic E-state index is 0.0505. The molecule has 3 heterocycles. The van der Waals surface area contributed by atoms with E-state index in [4.69, 9.17) is 42.5 Å². The Morgan fingerprint density at radius 3 is 2.45 bits per heavy atom. The average molecular weight is 564 g/mol. The third-order valence-electron chi connectivity index (χ3n) is 5.89. The summed E-state index contributed by atoms with van der Waals surface area (Å²) < 4.78 is 17.8. The molecule has 1 fully saturated rings. The molecule has 1 aromatic carbocycles. The number of carbonyl (C=O) groups is 2. The number of halogens is 2. The third kappa shape index (κ3) is 5.23. The van der Waals surface area contributed by atoms with Gasteiger partial charge in [0.2, 0.25) is 11.9 Å². The highest BCUT2D eigenvalue weighted by Crippen LogP contribution is 2.45. The van der Waals surface area contributed by atoms with Gasteiger partial charge in [-0.05, 0) is 12.1 Å². The first-order valence-corrected chi connectivity index (χ1v) is 12.0. The van der Waals surface area contributed by atoms with Crippen molar-refractivity contribution in [2.75, 3.05) is 39.2 Å². The Hall–Kier alpha value is -3.87. The Morgan fingerprint density at radius 1 is 1.21 bits per heavy atom. The van der Waals surface area contributed by atoms with Crippen molar-refractivity contribution in [2.45, 2.75) is 12.6 Å². The van der Waals surface area contributed by atoms with Crippen LogP contribution in [0, 0.1) is 0 Å². The quantitative estimate of drug-likeness (QED) is 0.374. The fourth-order valence-corrected chi connectivity index (χ4v) is 4.69. The molecule has 12 nitrogen and oxygen atoms in total. The topological polar surface area (TPSA) is 145 Å². The standard InChI is InChI=1S/C24H23Cl2N5O7/c1-4-17(32)30-10-13(11-30)38-6-5-31-21-12(9-27-23(28-21)29-24(34)35)7-14(22(31)33)18-19(25)15(36-2)8-16(37-3)20(18)26/h4,7-9,13H,1,5-6,10-11H2,2-3H3,(H,34,35)(H,27,28,29). The first-order valence-electron chi connectivity index (χ1n) is 11.2. The Kier molecular flexibility index (Phi) is 8.05. The fraction of sp³-hybridized carbons (Fsp3) is 0.292. The number of nitrogens with zero attached hydrogens (tertiary/aromatic N) is 4. The lowest BCUT2D eigenvalue weighted by Crippen LogP contribution is -2.54. The van der Waals surface area contributed by atoms with Gasteiger partial charge in [-0.1, -0.05) is 29.8 Å². The van der Waals surface area contributed by atoms with Gasteiger partial charge in [0.05, 0.1) is 49.1 Å². The van der Waals surface area contributed by atoms with Crippen LogP contribution in [0.1, 0.15) is 0 Å². The number of benzene rings is 1. The summed E-state index contributed by atoms with van der Waals surface area (Å²) in [6.07, 6.45) is 1.05. The summed E-state index contributed by atoms with van der Waals surface area (Å²) in [7, 11) is 2.84. The molecule has 2 amide bonds. The lowest BCUT2D eigenvalue weighted by Gasteiger charge is -2.38. The number of amides is 2. The molecule has 3 aromatic rings. The Labute approximate surface area is 226 Å². The van der Waals surface area contributed by atoms with E-state index in [2.05, 4.69) is 21.9 Å². The molecule has 0 radical (unpaired) electrons. The average Bonchev–Trinajstić information content (AvgIpc) is 2.86. The first-order chi connectivity index (χ1) is 18.2. The van der Waals surface area contributed by atoms with Gasteiger partial charge in [0.1, 0.15) is 17.1 Å². The number of fused-ring (bicyclic) bond motifs is 1. The predicted octanol–water partition coefficient (Wildman–Crippen LogP) is 3.29. The summed E-state index contributed by atoms with van der Waals surface area (Å²) in [5.41, 5.74) is -0.0346. The number of carbonyl (C=O) groups excluding carboxylic acids is 1. The number of anilines is 1. The molecule has 4 rings (SSSR count). The van der Waals surface area contributed by atoms with Crippen molar-refractivity contribution in [2.24, 2.45) is 0 Å². The molecule has 38 heavy (non-hydrogen) atoms. The maximum atomic E-state index is 13.8. The van der Waals surface area contributed by atoms with E-state index in [0.29, 0.717) is 18.5 Å². The lowest BCUT2D eigenvalue weighted by molar-refractivity contribution is -0.139. The van der Waals surface area contributed by atoms with Crippen molar-refractivity contribution in [1.82, 2.24) is 19.4 Å². The number of ether oxygens (including phenoxy) is 3. The number of hydrogen-bond donors (Lipinski definition) is 2. The zero-order valence-electron chi connectivity index (χ0n) is 20.4. The highest BCUT2D eigenvalue weighted by molar-refractivity contribution is 6.41. The maximum absolute atomic E-state index is 13.8. The van der Waals surface area contributed by atoms with Crippen LogP contribution < -0.4 is 20.3 Å². The van der Waals surface area contributed by atoms with E-state index in [0.717, 1.165) is 0 Å². The van der Waals surface area contributed by atoms with Crippen molar-refractivity contribution in [3.8, 4) is 22.6 Å². The van der Waals surface area contributed by atoms with Gasteiger partial charge in [0.15, 0.2) is 0 Å². The minimum Gasteiger partial charge on any atom is -0.495 e. The van der Waals surface area contributed by atoms with Crippen molar-refractivity contribution in [3.63, 3.8) is 0 Å². The molecular weight excluding hydrogens is 541 g/mol. The largest absolute Gasteiger partial charge is 0.495 e. The van der Waals surface area contributed by atoms with Crippen LogP contribution in [0.4, 0.5) is 10.7 Å². The summed E-state index contributed by atoms with van der Waals surface area (Å²) in [5, 5.41) is 11.8. The highest BCUT2D eigenvalue weighted by Gasteiger charge is 2.30. The number of carboxylic acid groups (broad SMARTS) is 1. The van der Waals surface area contributed by atoms with Gasteiger partial charge < -0.3 is 24.2 Å². The smallest absolute Gasteiger partial charge is 0.411 e. The number of rotatable bonds is 9. The molecule has 1 saturated heterocycles. The summed E-state index contributed by atoms with van der Waals surface area (Å²) in [5.74, 6) is 0.109. The molecule has 0 aliphatic carbocycles. The summed E-state index contributed by atoms with van der Waals surface area (Å²) in [6.45, 7) is 4.43. The summed E-state index contributed by atoms with van der Waals surface area (Å²) in [4.78, 5) is 46.4. The van der Waals surface area contributed by atoms with E-state index in [-0.39, 0.29) is 69.4 Å². The van der Waals surface area contributed by atoms with Gasteiger partial charge in [-0.3, -0.25) is 19.5 Å². The number of methoxy groups -OCH3 is 2. The van der Waals surface area contributed by atoms with E-state index in [9.17, 15) is 14.4 Å². The fourth-order valence-electron chi connectivity index (χ4n) is 3.99. The minimum atomic E-state index is -1.36. The molecule has 200 valence electrons. The van der Waals surface area contributed by atoms with Gasteiger partial charge in [-0.15, -0.1) is 0 Å². The van der Waals surface area contributed by atoms with Crippen molar-refractivity contribution in [3.05, 3.63) is 51.4 Å². The van der Waals surface area contributed by atoms with E-state index in [1.54, 1.807) is 4.90 Å². The number of likely N-dealkylation sites (tertiary alicyclic amines) is 1. The number of pyridine rings is 1. The SMILES string of the molecule is C=CC(=O)N1CC(OCCn2c(=O)c(-c3c(Cl)c(OC)cc(OC)c3Cl)cc3cnc(NC(=O)O)nc32)C1. The zero-order chi connectivity index (χ0) is 27.6. The van der Waals surface area contributed by atoms with Gasteiger partial charge in [-0.2, -0.15) is 4.98 Å². The third-order valence-corrected chi connectivity index (χ3v) is 6.64. The maximum Gasteiger partial charge on any atom is 0.411 e. The Bertz CT molecular complexity index is 1460. The second-order valence-electron chi connectivity index (χ2n) is 8.14. The first kappa shape index (κ1) is 27.2. The lowest BCUT2D eigenvalue weighted by atomic mass is 10.0. The number of nitrogens with one attached hydrogen (secondary N) is 1. The highest BCUT2D eigenvalue weighted by atomic mass is 35.5. The molecule has 0 saturated carbocycles. The van der Waals surface area contributed by atoms with Crippen LogP contribution in [-0.4, -0.2) is 76.6 Å². The molecule has 2 aromatic heterocycles. The molecule has 1 aliphatic rings. The molecule has 0 bridgehead atoms. The van der Waals surface area contributed by atoms with Gasteiger partial charge in [-0.25, -0.2) is 9.78 Å². The molecule has 14 heteroatoms. The summed E-state index contributed by atoms with van der Waals surface area (Å²) in [6, 6.07) is 3.02. The molecule has 0 spiro atoms. The molecular formula is C24H23Cl2N5O7. The molecule has 0 atom stereocenters. The summed E-state index contributed by atoms with van der Waals surface area (Å²) >= 11 is 13.2. The van der Waals surface area contributed by atoms with Crippen LogP contribution in [-0.2, 0) is 16.1 Å².